The molecule has 0 bridgehead atoms. The number of benzene rings is 1. The molecule has 3 N–H and O–H groups in total. The number of carbonyl (C=O) groups is 3. The van der Waals surface area contributed by atoms with Gasteiger partial charge in [-0.15, -0.1) is 0 Å². The summed E-state index contributed by atoms with van der Waals surface area (Å²) in [7, 11) is -3.61. The second kappa shape index (κ2) is 9.88. The number of hydrogen-bond acceptors (Lipinski definition) is 6. The van der Waals surface area contributed by atoms with E-state index in [1.165, 1.54) is 24.3 Å². The molecule has 0 saturated heterocycles. The summed E-state index contributed by atoms with van der Waals surface area (Å²) in [5, 5.41) is 4.52. The fraction of sp³-hybridized carbons (Fsp3) is 0.438. The molecule has 3 amide bonds. The SMILES string of the molecule is CCNS(=O)(=O)c1ccc(C(=O)OCC(=O)NC(=O)NCC(C)C)cc1. The molecule has 1 aromatic rings. The molecule has 0 aliphatic carbocycles. The Labute approximate surface area is 152 Å². The van der Waals surface area contributed by atoms with Gasteiger partial charge in [0.05, 0.1) is 10.5 Å². The van der Waals surface area contributed by atoms with Crippen molar-refractivity contribution < 1.29 is 27.5 Å². The third kappa shape index (κ3) is 7.19. The van der Waals surface area contributed by atoms with Gasteiger partial charge < -0.3 is 10.1 Å². The molecule has 0 aliphatic heterocycles. The van der Waals surface area contributed by atoms with Crippen molar-refractivity contribution in [1.29, 1.82) is 0 Å². The topological polar surface area (TPSA) is 131 Å². The molecule has 0 fully saturated rings. The van der Waals surface area contributed by atoms with Crippen LogP contribution in [0.4, 0.5) is 4.79 Å². The highest BCUT2D eigenvalue weighted by molar-refractivity contribution is 7.89. The Balaban J connectivity index is 2.53. The standard InChI is InChI=1S/C16H23N3O6S/c1-4-18-26(23,24)13-7-5-12(6-8-13)15(21)25-10-14(20)19-16(22)17-9-11(2)3/h5-8,11,18H,4,9-10H2,1-3H3,(H2,17,19,20,22). The number of carbonyl (C=O) groups excluding carboxylic acids is 3. The normalized spacial score (nSPS) is 11.1. The van der Waals surface area contributed by atoms with Crippen LogP contribution in [0.3, 0.4) is 0 Å². The van der Waals surface area contributed by atoms with Gasteiger partial charge in [-0.25, -0.2) is 22.7 Å². The van der Waals surface area contributed by atoms with E-state index in [2.05, 4.69) is 10.0 Å². The first kappa shape index (κ1) is 21.6. The van der Waals surface area contributed by atoms with Crippen molar-refractivity contribution >= 4 is 27.9 Å². The van der Waals surface area contributed by atoms with Crippen LogP contribution in [-0.2, 0) is 19.6 Å². The van der Waals surface area contributed by atoms with E-state index in [1.54, 1.807) is 6.92 Å². The number of ether oxygens (including phenoxy) is 1. The number of sulfonamides is 1. The van der Waals surface area contributed by atoms with Gasteiger partial charge in [-0.1, -0.05) is 20.8 Å². The zero-order valence-corrected chi connectivity index (χ0v) is 15.7. The van der Waals surface area contributed by atoms with Gasteiger partial charge in [0.15, 0.2) is 6.61 Å². The maximum absolute atomic E-state index is 11.9. The molecule has 0 aliphatic rings. The zero-order valence-electron chi connectivity index (χ0n) is 14.9. The molecule has 0 spiro atoms. The number of nitrogens with one attached hydrogen (secondary N) is 3. The fourth-order valence-electron chi connectivity index (χ4n) is 1.76. The van der Waals surface area contributed by atoms with Crippen LogP contribution in [0.1, 0.15) is 31.1 Å². The molecule has 10 heteroatoms. The predicted molar refractivity (Wildman–Crippen MR) is 94.0 cm³/mol. The number of esters is 1. The van der Waals surface area contributed by atoms with Crippen LogP contribution in [-0.4, -0.2) is 46.0 Å². The van der Waals surface area contributed by atoms with Crippen molar-refractivity contribution in [2.24, 2.45) is 5.92 Å². The minimum absolute atomic E-state index is 0.00969. The zero-order chi connectivity index (χ0) is 19.7. The van der Waals surface area contributed by atoms with E-state index in [0.717, 1.165) is 0 Å². The van der Waals surface area contributed by atoms with Gasteiger partial charge in [-0.05, 0) is 30.2 Å². The molecular formula is C16H23N3O6S. The Morgan fingerprint density at radius 1 is 1.12 bits per heavy atom. The minimum atomic E-state index is -3.61. The monoisotopic (exact) mass is 385 g/mol. The van der Waals surface area contributed by atoms with E-state index in [1.807, 2.05) is 19.2 Å². The summed E-state index contributed by atoms with van der Waals surface area (Å²) in [5.74, 6) is -1.35. The lowest BCUT2D eigenvalue weighted by atomic mass is 10.2. The molecule has 1 rings (SSSR count). The quantitative estimate of drug-likeness (QED) is 0.563. The van der Waals surface area contributed by atoms with Crippen LogP contribution < -0.4 is 15.4 Å². The second-order valence-corrected chi connectivity index (χ2v) is 7.52. The molecule has 0 aromatic heterocycles. The molecule has 0 unspecified atom stereocenters. The van der Waals surface area contributed by atoms with Gasteiger partial charge in [0.2, 0.25) is 10.0 Å². The lowest BCUT2D eigenvalue weighted by molar-refractivity contribution is -0.123. The average molecular weight is 385 g/mol. The Hall–Kier alpha value is -2.46. The molecule has 1 aromatic carbocycles. The van der Waals surface area contributed by atoms with E-state index in [9.17, 15) is 22.8 Å². The third-order valence-electron chi connectivity index (χ3n) is 2.99. The van der Waals surface area contributed by atoms with Crippen molar-refractivity contribution in [2.75, 3.05) is 19.7 Å². The molecule has 0 radical (unpaired) electrons. The van der Waals surface area contributed by atoms with Crippen molar-refractivity contribution in [3.8, 4) is 0 Å². The van der Waals surface area contributed by atoms with Gasteiger partial charge in [-0.3, -0.25) is 10.1 Å². The maximum atomic E-state index is 11.9. The van der Waals surface area contributed by atoms with E-state index in [4.69, 9.17) is 4.74 Å². The second-order valence-electron chi connectivity index (χ2n) is 5.75. The Bertz CT molecular complexity index is 744. The van der Waals surface area contributed by atoms with Gasteiger partial charge in [-0.2, -0.15) is 0 Å². The van der Waals surface area contributed by atoms with Gasteiger partial charge in [0.25, 0.3) is 5.91 Å². The summed E-state index contributed by atoms with van der Waals surface area (Å²) in [5.41, 5.74) is 0.0810. The first-order chi connectivity index (χ1) is 12.2. The Kier molecular flexibility index (Phi) is 8.20. The molecular weight excluding hydrogens is 362 g/mol. The maximum Gasteiger partial charge on any atom is 0.338 e. The number of imide groups is 1. The van der Waals surface area contributed by atoms with Gasteiger partial charge in [0.1, 0.15) is 0 Å². The van der Waals surface area contributed by atoms with Gasteiger partial charge >= 0.3 is 12.0 Å². The van der Waals surface area contributed by atoms with Crippen molar-refractivity contribution in [3.63, 3.8) is 0 Å². The lowest BCUT2D eigenvalue weighted by Crippen LogP contribution is -2.42. The summed E-state index contributed by atoms with van der Waals surface area (Å²) < 4.78 is 30.7. The highest BCUT2D eigenvalue weighted by Gasteiger charge is 2.15. The molecule has 26 heavy (non-hydrogen) atoms. The predicted octanol–water partition coefficient (Wildman–Crippen LogP) is 0.623. The van der Waals surface area contributed by atoms with E-state index >= 15 is 0 Å². The highest BCUT2D eigenvalue weighted by Crippen LogP contribution is 2.11. The first-order valence-corrected chi connectivity index (χ1v) is 9.48. The molecule has 0 heterocycles. The van der Waals surface area contributed by atoms with Crippen LogP contribution in [0.15, 0.2) is 29.2 Å². The van der Waals surface area contributed by atoms with Crippen molar-refractivity contribution in [3.05, 3.63) is 29.8 Å². The minimum Gasteiger partial charge on any atom is -0.452 e. The summed E-state index contributed by atoms with van der Waals surface area (Å²) in [6.45, 7) is 5.47. The molecule has 0 atom stereocenters. The molecule has 144 valence electrons. The van der Waals surface area contributed by atoms with Crippen LogP contribution in [0.5, 0.6) is 0 Å². The highest BCUT2D eigenvalue weighted by atomic mass is 32.2. The van der Waals surface area contributed by atoms with Gasteiger partial charge in [0, 0.05) is 13.1 Å². The summed E-state index contributed by atoms with van der Waals surface area (Å²) in [6, 6.07) is 4.40. The van der Waals surface area contributed by atoms with Crippen LogP contribution in [0.2, 0.25) is 0 Å². The van der Waals surface area contributed by atoms with Crippen LogP contribution >= 0.6 is 0 Å². The number of urea groups is 1. The fourth-order valence-corrected chi connectivity index (χ4v) is 2.80. The molecule has 0 saturated carbocycles. The average Bonchev–Trinajstić information content (AvgIpc) is 2.58. The summed E-state index contributed by atoms with van der Waals surface area (Å²) >= 11 is 0. The van der Waals surface area contributed by atoms with Crippen molar-refractivity contribution in [2.45, 2.75) is 25.7 Å². The number of rotatable bonds is 8. The Morgan fingerprint density at radius 2 is 1.73 bits per heavy atom. The van der Waals surface area contributed by atoms with Crippen LogP contribution in [0.25, 0.3) is 0 Å². The first-order valence-electron chi connectivity index (χ1n) is 8.00. The smallest absolute Gasteiger partial charge is 0.338 e. The van der Waals surface area contributed by atoms with Crippen molar-refractivity contribution in [1.82, 2.24) is 15.4 Å². The lowest BCUT2D eigenvalue weighted by Gasteiger charge is -2.09. The largest absolute Gasteiger partial charge is 0.452 e. The van der Waals surface area contributed by atoms with E-state index in [-0.39, 0.29) is 22.9 Å². The summed E-state index contributed by atoms with van der Waals surface area (Å²) in [4.78, 5) is 34.8. The number of hydrogen-bond donors (Lipinski definition) is 3. The van der Waals surface area contributed by atoms with E-state index in [0.29, 0.717) is 6.54 Å². The van der Waals surface area contributed by atoms with Crippen LogP contribution in [0, 0.1) is 5.92 Å². The molecule has 9 nitrogen and oxygen atoms in total. The van der Waals surface area contributed by atoms with E-state index < -0.39 is 34.5 Å². The summed E-state index contributed by atoms with van der Waals surface area (Å²) in [6.07, 6.45) is 0. The number of amides is 3. The Morgan fingerprint density at radius 3 is 2.27 bits per heavy atom. The third-order valence-corrected chi connectivity index (χ3v) is 4.55.